The van der Waals surface area contributed by atoms with E-state index in [-0.39, 0.29) is 17.6 Å². The number of nitrogens with zero attached hydrogens (tertiary/aromatic N) is 1. The highest BCUT2D eigenvalue weighted by Gasteiger charge is 2.62. The zero-order valence-electron chi connectivity index (χ0n) is 15.4. The van der Waals surface area contributed by atoms with Crippen molar-refractivity contribution in [2.45, 2.75) is 43.9 Å². The summed E-state index contributed by atoms with van der Waals surface area (Å²) >= 11 is 6.13. The molecule has 0 radical (unpaired) electrons. The van der Waals surface area contributed by atoms with Gasteiger partial charge in [0, 0.05) is 43.0 Å². The lowest BCUT2D eigenvalue weighted by Crippen LogP contribution is -2.42. The lowest BCUT2D eigenvalue weighted by molar-refractivity contribution is 0.00220. The molecule has 1 saturated carbocycles. The first-order chi connectivity index (χ1) is 12.9. The molecular formula is C20H27ClN2O3S. The number of benzene rings is 1. The molecule has 7 heteroatoms. The number of fused-ring (bicyclic) bond motifs is 1. The van der Waals surface area contributed by atoms with Gasteiger partial charge >= 0.3 is 0 Å². The van der Waals surface area contributed by atoms with Crippen molar-refractivity contribution in [1.82, 2.24) is 9.62 Å². The van der Waals surface area contributed by atoms with Crippen molar-refractivity contribution in [2.75, 3.05) is 25.4 Å². The smallest absolute Gasteiger partial charge is 0.211 e. The van der Waals surface area contributed by atoms with Crippen LogP contribution in [0.25, 0.3) is 0 Å². The Hall–Kier alpha value is -0.660. The number of hydrogen-bond donors (Lipinski definition) is 1. The van der Waals surface area contributed by atoms with Crippen molar-refractivity contribution in [3.05, 3.63) is 34.9 Å². The third kappa shape index (κ3) is 3.67. The molecule has 148 valence electrons. The van der Waals surface area contributed by atoms with Crippen LogP contribution in [0.3, 0.4) is 0 Å². The summed E-state index contributed by atoms with van der Waals surface area (Å²) in [4.78, 5) is 2.45. The summed E-state index contributed by atoms with van der Waals surface area (Å²) in [6, 6.07) is 8.03. The van der Waals surface area contributed by atoms with Crippen molar-refractivity contribution in [1.29, 1.82) is 0 Å². The standard InChI is InChI=1S/C20H27ClN2O3S/c21-16-3-1-2-15(8-16)10-23-11-18-17(19-6-7-20(18,13-23)26-19)9-22-27(24,25)12-14-4-5-14/h1-3,8,14,17-19,22H,4-7,9-13H2/t17-,18+,19+,20+/m0/s1. The van der Waals surface area contributed by atoms with Gasteiger partial charge in [-0.3, -0.25) is 4.90 Å². The van der Waals surface area contributed by atoms with Gasteiger partial charge in [-0.2, -0.15) is 0 Å². The van der Waals surface area contributed by atoms with Crippen molar-refractivity contribution < 1.29 is 13.2 Å². The Labute approximate surface area is 166 Å². The molecule has 3 aliphatic heterocycles. The minimum Gasteiger partial charge on any atom is -0.370 e. The molecule has 4 atom stereocenters. The number of rotatable bonds is 7. The second-order valence-corrected chi connectivity index (χ2v) is 11.2. The molecule has 5 nitrogen and oxygen atoms in total. The second kappa shape index (κ2) is 6.70. The van der Waals surface area contributed by atoms with Gasteiger partial charge in [0.15, 0.2) is 0 Å². The summed E-state index contributed by atoms with van der Waals surface area (Å²) in [5, 5.41) is 0.769. The Morgan fingerprint density at radius 2 is 2.15 bits per heavy atom. The van der Waals surface area contributed by atoms with Crippen LogP contribution in [0.1, 0.15) is 31.2 Å². The number of ether oxygens (including phenoxy) is 1. The van der Waals surface area contributed by atoms with E-state index in [1.807, 2.05) is 18.2 Å². The van der Waals surface area contributed by atoms with E-state index in [9.17, 15) is 8.42 Å². The Kier molecular flexibility index (Phi) is 4.56. The van der Waals surface area contributed by atoms with E-state index < -0.39 is 10.0 Å². The molecule has 4 fully saturated rings. The first-order valence-electron chi connectivity index (χ1n) is 10.0. The topological polar surface area (TPSA) is 58.6 Å². The minimum absolute atomic E-state index is 0.0736. The first kappa shape index (κ1) is 18.4. The first-order valence-corrected chi connectivity index (χ1v) is 12.1. The fraction of sp³-hybridized carbons (Fsp3) is 0.700. The molecule has 0 amide bonds. The number of nitrogens with one attached hydrogen (secondary N) is 1. The number of sulfonamides is 1. The van der Waals surface area contributed by atoms with Crippen LogP contribution in [0.4, 0.5) is 0 Å². The lowest BCUT2D eigenvalue weighted by Gasteiger charge is -2.29. The molecule has 0 aromatic heterocycles. The minimum atomic E-state index is -3.15. The summed E-state index contributed by atoms with van der Waals surface area (Å²) in [6.45, 7) is 3.30. The van der Waals surface area contributed by atoms with Crippen LogP contribution >= 0.6 is 11.6 Å². The molecular weight excluding hydrogens is 384 g/mol. The van der Waals surface area contributed by atoms with E-state index in [1.165, 1.54) is 5.56 Å². The van der Waals surface area contributed by atoms with Gasteiger partial charge in [0.25, 0.3) is 0 Å². The predicted molar refractivity (Wildman–Crippen MR) is 105 cm³/mol. The fourth-order valence-corrected chi connectivity index (χ4v) is 7.18. The average molecular weight is 411 g/mol. The van der Waals surface area contributed by atoms with Crippen LogP contribution in [0, 0.1) is 17.8 Å². The van der Waals surface area contributed by atoms with Gasteiger partial charge < -0.3 is 4.74 Å². The quantitative estimate of drug-likeness (QED) is 0.750. The SMILES string of the molecule is O=S(=O)(CC1CC1)NC[C@H]1[C@H]2CN(Cc3cccc(Cl)c3)C[C@]23CC[C@H]1O3. The van der Waals surface area contributed by atoms with Crippen molar-refractivity contribution in [3.8, 4) is 0 Å². The van der Waals surface area contributed by atoms with Crippen LogP contribution in [0.15, 0.2) is 24.3 Å². The monoisotopic (exact) mass is 410 g/mol. The number of likely N-dealkylation sites (tertiary alicyclic amines) is 1. The third-order valence-electron chi connectivity index (χ3n) is 6.84. The summed E-state index contributed by atoms with van der Waals surface area (Å²) in [5.74, 6) is 1.38. The Balaban J connectivity index is 1.25. The van der Waals surface area contributed by atoms with E-state index in [1.54, 1.807) is 0 Å². The van der Waals surface area contributed by atoms with E-state index in [4.69, 9.17) is 16.3 Å². The molecule has 2 bridgehead atoms. The molecule has 1 aromatic carbocycles. The average Bonchev–Trinajstić information content (AvgIpc) is 3.09. The molecule has 5 rings (SSSR count). The molecule has 4 aliphatic rings. The predicted octanol–water partition coefficient (Wildman–Crippen LogP) is 2.65. The van der Waals surface area contributed by atoms with Gasteiger partial charge in [-0.15, -0.1) is 0 Å². The molecule has 3 heterocycles. The molecule has 1 aliphatic carbocycles. The fourth-order valence-electron chi connectivity index (χ4n) is 5.45. The Morgan fingerprint density at radius 1 is 1.30 bits per heavy atom. The molecule has 27 heavy (non-hydrogen) atoms. The summed E-state index contributed by atoms with van der Waals surface area (Å²) < 4.78 is 33.9. The zero-order valence-corrected chi connectivity index (χ0v) is 17.0. The van der Waals surface area contributed by atoms with Crippen LogP contribution in [0.2, 0.25) is 5.02 Å². The van der Waals surface area contributed by atoms with Gasteiger partial charge in [0.05, 0.1) is 17.5 Å². The molecule has 0 unspecified atom stereocenters. The Morgan fingerprint density at radius 3 is 2.93 bits per heavy atom. The van der Waals surface area contributed by atoms with Gasteiger partial charge in [-0.05, 0) is 49.3 Å². The maximum absolute atomic E-state index is 12.3. The normalized spacial score (nSPS) is 35.7. The summed E-state index contributed by atoms with van der Waals surface area (Å²) in [6.07, 6.45) is 4.48. The van der Waals surface area contributed by atoms with Gasteiger partial charge in [0.2, 0.25) is 10.0 Å². The molecule has 1 N–H and O–H groups in total. The van der Waals surface area contributed by atoms with Crippen LogP contribution in [0.5, 0.6) is 0 Å². The maximum Gasteiger partial charge on any atom is 0.211 e. The van der Waals surface area contributed by atoms with E-state index in [0.29, 0.717) is 24.1 Å². The van der Waals surface area contributed by atoms with E-state index in [0.717, 1.165) is 50.3 Å². The van der Waals surface area contributed by atoms with Crippen molar-refractivity contribution in [3.63, 3.8) is 0 Å². The lowest BCUT2D eigenvalue weighted by atomic mass is 9.74. The Bertz CT molecular complexity index is 828. The third-order valence-corrected chi connectivity index (χ3v) is 8.59. The van der Waals surface area contributed by atoms with E-state index >= 15 is 0 Å². The highest BCUT2D eigenvalue weighted by Crippen LogP contribution is 2.54. The summed E-state index contributed by atoms with van der Waals surface area (Å²) in [7, 11) is -3.15. The highest BCUT2D eigenvalue weighted by atomic mass is 35.5. The molecule has 3 saturated heterocycles. The highest BCUT2D eigenvalue weighted by molar-refractivity contribution is 7.89. The zero-order chi connectivity index (χ0) is 18.6. The molecule has 1 spiro atoms. The maximum atomic E-state index is 12.3. The van der Waals surface area contributed by atoms with Crippen LogP contribution < -0.4 is 4.72 Å². The van der Waals surface area contributed by atoms with Gasteiger partial charge in [0.1, 0.15) is 0 Å². The van der Waals surface area contributed by atoms with Crippen molar-refractivity contribution in [2.24, 2.45) is 17.8 Å². The molecule has 1 aromatic rings. The van der Waals surface area contributed by atoms with Crippen LogP contribution in [-0.2, 0) is 21.3 Å². The van der Waals surface area contributed by atoms with Crippen molar-refractivity contribution >= 4 is 21.6 Å². The number of halogens is 1. The second-order valence-electron chi connectivity index (χ2n) is 8.90. The van der Waals surface area contributed by atoms with E-state index in [2.05, 4.69) is 15.7 Å². The summed E-state index contributed by atoms with van der Waals surface area (Å²) in [5.41, 5.74) is 1.14. The largest absolute Gasteiger partial charge is 0.370 e. The van der Waals surface area contributed by atoms with Crippen LogP contribution in [-0.4, -0.2) is 50.4 Å². The number of hydrogen-bond acceptors (Lipinski definition) is 4. The van der Waals surface area contributed by atoms with Gasteiger partial charge in [-0.25, -0.2) is 13.1 Å². The van der Waals surface area contributed by atoms with Gasteiger partial charge in [-0.1, -0.05) is 23.7 Å².